The van der Waals surface area contributed by atoms with Crippen LogP contribution in [-0.2, 0) is 12.1 Å². The van der Waals surface area contributed by atoms with Crippen LogP contribution in [0.15, 0.2) is 115 Å². The zero-order chi connectivity index (χ0) is 25.2. The van der Waals surface area contributed by atoms with Gasteiger partial charge in [-0.25, -0.2) is 9.78 Å². The summed E-state index contributed by atoms with van der Waals surface area (Å²) in [5.74, 6) is 0. The van der Waals surface area contributed by atoms with Crippen molar-refractivity contribution >= 4 is 22.4 Å². The number of imidazole rings is 1. The summed E-state index contributed by atoms with van der Waals surface area (Å²) in [4.78, 5) is 21.8. The van der Waals surface area contributed by atoms with Crippen molar-refractivity contribution in [1.82, 2.24) is 14.5 Å². The van der Waals surface area contributed by atoms with Crippen LogP contribution in [0.25, 0.3) is 0 Å². The predicted octanol–water partition coefficient (Wildman–Crippen LogP) is 6.54. The Morgan fingerprint density at radius 1 is 0.811 bits per heavy atom. The average molecular weight is 505 g/mol. The van der Waals surface area contributed by atoms with Gasteiger partial charge in [0.1, 0.15) is 10.5 Å². The maximum Gasteiger partial charge on any atom is 0.325 e. The summed E-state index contributed by atoms with van der Waals surface area (Å²) in [6.07, 6.45) is 4.00. The molecule has 5 aromatic rings. The molecule has 0 atom stereocenters. The van der Waals surface area contributed by atoms with E-state index in [-0.39, 0.29) is 6.03 Å². The van der Waals surface area contributed by atoms with Crippen molar-refractivity contribution in [3.8, 4) is 0 Å². The van der Waals surface area contributed by atoms with Crippen molar-refractivity contribution in [3.63, 3.8) is 0 Å². The van der Waals surface area contributed by atoms with Gasteiger partial charge in [-0.1, -0.05) is 91.0 Å². The minimum absolute atomic E-state index is 0.0422. The first-order chi connectivity index (χ1) is 18.2. The molecule has 0 radical (unpaired) electrons. The second kappa shape index (κ2) is 9.71. The number of aromatic nitrogens is 2. The second-order valence-electron chi connectivity index (χ2n) is 9.35. The number of hydrogen-bond donors (Lipinski definition) is 0. The lowest BCUT2D eigenvalue weighted by molar-refractivity contribution is 0.218. The number of anilines is 1. The van der Waals surface area contributed by atoms with E-state index in [0.29, 0.717) is 19.6 Å². The molecule has 2 aromatic heterocycles. The number of carbonyl (C=O) groups excluding carboxylic acids is 1. The summed E-state index contributed by atoms with van der Waals surface area (Å²) in [7, 11) is 0. The van der Waals surface area contributed by atoms with Gasteiger partial charge in [0.2, 0.25) is 0 Å². The number of urea groups is 1. The molecule has 0 bridgehead atoms. The molecule has 1 aliphatic heterocycles. The van der Waals surface area contributed by atoms with Crippen molar-refractivity contribution < 1.29 is 4.79 Å². The van der Waals surface area contributed by atoms with Crippen molar-refractivity contribution in [1.29, 1.82) is 0 Å². The van der Waals surface area contributed by atoms with Gasteiger partial charge < -0.3 is 9.47 Å². The van der Waals surface area contributed by atoms with E-state index in [1.807, 2.05) is 39.7 Å². The highest BCUT2D eigenvalue weighted by Crippen LogP contribution is 2.41. The fourth-order valence-corrected chi connectivity index (χ4v) is 6.32. The summed E-state index contributed by atoms with van der Waals surface area (Å²) in [5.41, 5.74) is 4.84. The van der Waals surface area contributed by atoms with E-state index < -0.39 is 5.54 Å². The van der Waals surface area contributed by atoms with Crippen LogP contribution in [0.2, 0.25) is 0 Å². The maximum atomic E-state index is 13.3. The van der Waals surface area contributed by atoms with Gasteiger partial charge in [-0.15, -0.1) is 11.3 Å². The van der Waals surface area contributed by atoms with Crippen LogP contribution in [0.5, 0.6) is 0 Å². The minimum atomic E-state index is -0.607. The lowest BCUT2D eigenvalue weighted by Crippen LogP contribution is -2.37. The molecule has 0 unspecified atom stereocenters. The Kier molecular flexibility index (Phi) is 6.10. The van der Waals surface area contributed by atoms with Gasteiger partial charge >= 0.3 is 6.03 Å². The number of rotatable bonds is 7. The minimum Gasteiger partial charge on any atom is -0.319 e. The van der Waals surface area contributed by atoms with Crippen LogP contribution in [0, 0.1) is 6.92 Å². The predicted molar refractivity (Wildman–Crippen MR) is 149 cm³/mol. The Bertz CT molecular complexity index is 1400. The molecule has 6 heteroatoms. The normalized spacial score (nSPS) is 13.9. The van der Waals surface area contributed by atoms with Crippen LogP contribution in [-0.4, -0.2) is 33.6 Å². The molecule has 0 saturated carbocycles. The highest BCUT2D eigenvalue weighted by atomic mass is 32.1. The molecule has 5 nitrogen and oxygen atoms in total. The molecule has 1 fully saturated rings. The Morgan fingerprint density at radius 3 is 1.89 bits per heavy atom. The molecule has 3 heterocycles. The molecular weight excluding hydrogens is 476 g/mol. The molecule has 6 rings (SSSR count). The highest BCUT2D eigenvalue weighted by Gasteiger charge is 2.39. The molecule has 184 valence electrons. The third kappa shape index (κ3) is 4.03. The topological polar surface area (TPSA) is 41.4 Å². The molecule has 0 aliphatic carbocycles. The van der Waals surface area contributed by atoms with E-state index >= 15 is 0 Å². The lowest BCUT2D eigenvalue weighted by atomic mass is 9.77. The summed E-state index contributed by atoms with van der Waals surface area (Å²) >= 11 is 1.62. The smallest absolute Gasteiger partial charge is 0.319 e. The fourth-order valence-electron chi connectivity index (χ4n) is 5.37. The van der Waals surface area contributed by atoms with Gasteiger partial charge in [-0.2, -0.15) is 0 Å². The number of hydrogen-bond acceptors (Lipinski definition) is 3. The van der Waals surface area contributed by atoms with E-state index in [9.17, 15) is 4.79 Å². The highest BCUT2D eigenvalue weighted by molar-refractivity contribution is 7.14. The third-order valence-corrected chi connectivity index (χ3v) is 8.16. The Morgan fingerprint density at radius 2 is 1.38 bits per heavy atom. The van der Waals surface area contributed by atoms with Crippen molar-refractivity contribution in [2.75, 3.05) is 18.0 Å². The summed E-state index contributed by atoms with van der Waals surface area (Å²) in [6, 6.07) is 33.8. The summed E-state index contributed by atoms with van der Waals surface area (Å²) in [6.45, 7) is 3.91. The number of benzene rings is 3. The summed E-state index contributed by atoms with van der Waals surface area (Å²) in [5, 5.41) is 3.08. The summed E-state index contributed by atoms with van der Waals surface area (Å²) < 4.78 is 2.20. The van der Waals surface area contributed by atoms with Gasteiger partial charge in [0, 0.05) is 19.3 Å². The number of aryl methyl sites for hydroxylation is 1. The largest absolute Gasteiger partial charge is 0.325 e. The quantitative estimate of drug-likeness (QED) is 0.236. The van der Waals surface area contributed by atoms with Crippen LogP contribution < -0.4 is 4.90 Å². The molecule has 1 aliphatic rings. The van der Waals surface area contributed by atoms with Crippen LogP contribution in [0.1, 0.15) is 27.9 Å². The van der Waals surface area contributed by atoms with Gasteiger partial charge in [-0.05, 0) is 40.6 Å². The lowest BCUT2D eigenvalue weighted by Gasteiger charge is -2.37. The molecule has 1 saturated heterocycles. The fraction of sp³-hybridized carbons (Fsp3) is 0.161. The van der Waals surface area contributed by atoms with Gasteiger partial charge in [0.25, 0.3) is 0 Å². The maximum absolute atomic E-state index is 13.3. The Balaban J connectivity index is 1.41. The van der Waals surface area contributed by atoms with E-state index in [2.05, 4.69) is 96.6 Å². The Hall–Kier alpha value is -4.16. The third-order valence-electron chi connectivity index (χ3n) is 7.13. The van der Waals surface area contributed by atoms with Crippen LogP contribution in [0.3, 0.4) is 0 Å². The molecule has 0 spiro atoms. The zero-order valence-electron chi connectivity index (χ0n) is 20.7. The first kappa shape index (κ1) is 23.3. The van der Waals surface area contributed by atoms with Crippen LogP contribution in [0.4, 0.5) is 9.80 Å². The molecule has 2 amide bonds. The zero-order valence-corrected chi connectivity index (χ0v) is 21.5. The first-order valence-corrected chi connectivity index (χ1v) is 13.4. The van der Waals surface area contributed by atoms with E-state index in [1.165, 1.54) is 0 Å². The Labute approximate surface area is 221 Å². The average Bonchev–Trinajstić information content (AvgIpc) is 3.68. The van der Waals surface area contributed by atoms with Crippen molar-refractivity contribution in [2.24, 2.45) is 0 Å². The van der Waals surface area contributed by atoms with Crippen molar-refractivity contribution in [2.45, 2.75) is 19.0 Å². The molecule has 3 aromatic carbocycles. The number of nitrogens with zero attached hydrogens (tertiary/aromatic N) is 4. The van der Waals surface area contributed by atoms with Gasteiger partial charge in [-0.3, -0.25) is 4.90 Å². The molecular formula is C31H28N4OS. The first-order valence-electron chi connectivity index (χ1n) is 12.5. The number of amides is 2. The molecule has 0 N–H and O–H groups in total. The number of thiophene rings is 1. The van der Waals surface area contributed by atoms with Gasteiger partial charge in [0.05, 0.1) is 18.6 Å². The number of carbonyl (C=O) groups is 1. The monoisotopic (exact) mass is 504 g/mol. The van der Waals surface area contributed by atoms with Gasteiger partial charge in [0.15, 0.2) is 0 Å². The second-order valence-corrected chi connectivity index (χ2v) is 10.2. The SMILES string of the molecule is Cc1ccsc1N1CCN(Cc2cn(C(c3ccccc3)(c3ccccc3)c3ccccc3)cn2)C1=O. The van der Waals surface area contributed by atoms with Crippen molar-refractivity contribution in [3.05, 3.63) is 143 Å². The van der Waals surface area contributed by atoms with E-state index in [1.54, 1.807) is 11.3 Å². The van der Waals surface area contributed by atoms with Crippen LogP contribution >= 0.6 is 11.3 Å². The standard InChI is InChI=1S/C31H28N4OS/c1-24-17-20-37-29(24)35-19-18-33(30(35)36)21-28-22-34(23-32-28)31(25-11-5-2-6-12-25,26-13-7-3-8-14-26)27-15-9-4-10-16-27/h2-17,20,22-23H,18-19,21H2,1H3. The van der Waals surface area contributed by atoms with E-state index in [4.69, 9.17) is 4.98 Å². The molecule has 37 heavy (non-hydrogen) atoms. The van der Waals surface area contributed by atoms with E-state index in [0.717, 1.165) is 32.9 Å².